The minimum atomic E-state index is 0.471. The molecule has 0 spiro atoms. The minimum absolute atomic E-state index is 0.471. The molecule has 1 aliphatic heterocycles. The molecule has 1 N–H and O–H groups in total. The number of piperidine rings is 1. The molecular weight excluding hydrogens is 258 g/mol. The van der Waals surface area contributed by atoms with Gasteiger partial charge in [-0.1, -0.05) is 24.3 Å². The van der Waals surface area contributed by atoms with Crippen LogP contribution in [0, 0.1) is 5.92 Å². The minimum Gasteiger partial charge on any atom is -0.353 e. The Labute approximate surface area is 127 Å². The van der Waals surface area contributed by atoms with Crippen LogP contribution in [0.4, 0.5) is 5.82 Å². The summed E-state index contributed by atoms with van der Waals surface area (Å²) >= 11 is 0. The van der Waals surface area contributed by atoms with E-state index in [0.29, 0.717) is 6.04 Å². The molecule has 0 bridgehead atoms. The molecule has 0 atom stereocenters. The first-order valence-electron chi connectivity index (χ1n) is 8.07. The fraction of sp³-hybridized carbons (Fsp3) is 0.500. The molecule has 0 unspecified atom stereocenters. The Morgan fingerprint density at radius 3 is 2.71 bits per heavy atom. The zero-order chi connectivity index (χ0) is 14.7. The van der Waals surface area contributed by atoms with E-state index in [1.54, 1.807) is 0 Å². The van der Waals surface area contributed by atoms with Crippen molar-refractivity contribution in [3.05, 3.63) is 36.5 Å². The maximum Gasteiger partial charge on any atom is 0.136 e. The van der Waals surface area contributed by atoms with Gasteiger partial charge in [-0.05, 0) is 57.1 Å². The molecule has 21 heavy (non-hydrogen) atoms. The Balaban J connectivity index is 1.91. The van der Waals surface area contributed by atoms with Crippen molar-refractivity contribution in [3.63, 3.8) is 0 Å². The molecule has 3 nitrogen and oxygen atoms in total. The summed E-state index contributed by atoms with van der Waals surface area (Å²) in [5.41, 5.74) is 0. The van der Waals surface area contributed by atoms with E-state index in [-0.39, 0.29) is 0 Å². The highest BCUT2D eigenvalue weighted by molar-refractivity contribution is 5.92. The van der Waals surface area contributed by atoms with Crippen LogP contribution in [0.15, 0.2) is 36.5 Å². The SMILES string of the molecule is CC(C)N(CC1CCNCC1)c1nccc2ccccc12. The first kappa shape index (κ1) is 14.3. The number of aromatic nitrogens is 1. The molecule has 1 fully saturated rings. The molecule has 1 aromatic carbocycles. The van der Waals surface area contributed by atoms with Crippen molar-refractivity contribution in [2.24, 2.45) is 5.92 Å². The van der Waals surface area contributed by atoms with Gasteiger partial charge < -0.3 is 10.2 Å². The molecule has 112 valence electrons. The number of hydrogen-bond acceptors (Lipinski definition) is 3. The van der Waals surface area contributed by atoms with Crippen molar-refractivity contribution in [1.82, 2.24) is 10.3 Å². The van der Waals surface area contributed by atoms with Gasteiger partial charge in [-0.2, -0.15) is 0 Å². The molecule has 1 saturated heterocycles. The third kappa shape index (κ3) is 3.18. The zero-order valence-electron chi connectivity index (χ0n) is 13.0. The Bertz CT molecular complexity index is 583. The molecule has 0 radical (unpaired) electrons. The standard InChI is InChI=1S/C18H25N3/c1-14(2)21(13-15-7-10-19-11-8-15)18-17-6-4-3-5-16(17)9-12-20-18/h3-6,9,12,14-15,19H,7-8,10-11,13H2,1-2H3. The molecule has 2 heterocycles. The average Bonchev–Trinajstić information content (AvgIpc) is 2.53. The third-order valence-corrected chi connectivity index (χ3v) is 4.46. The van der Waals surface area contributed by atoms with Crippen molar-refractivity contribution < 1.29 is 0 Å². The summed E-state index contributed by atoms with van der Waals surface area (Å²) in [7, 11) is 0. The second kappa shape index (κ2) is 6.44. The molecule has 3 heteroatoms. The van der Waals surface area contributed by atoms with Crippen LogP contribution in [-0.4, -0.2) is 30.7 Å². The third-order valence-electron chi connectivity index (χ3n) is 4.46. The maximum atomic E-state index is 4.70. The lowest BCUT2D eigenvalue weighted by Crippen LogP contribution is -2.40. The Morgan fingerprint density at radius 1 is 1.19 bits per heavy atom. The summed E-state index contributed by atoms with van der Waals surface area (Å²) in [6, 6.07) is 11.1. The highest BCUT2D eigenvalue weighted by atomic mass is 15.2. The molecule has 0 saturated carbocycles. The topological polar surface area (TPSA) is 28.2 Å². The first-order chi connectivity index (χ1) is 10.3. The lowest BCUT2D eigenvalue weighted by molar-refractivity contribution is 0.367. The van der Waals surface area contributed by atoms with Gasteiger partial charge in [-0.25, -0.2) is 4.98 Å². The molecule has 3 rings (SSSR count). The van der Waals surface area contributed by atoms with Crippen molar-refractivity contribution in [1.29, 1.82) is 0 Å². The number of pyridine rings is 1. The number of anilines is 1. The van der Waals surface area contributed by atoms with E-state index in [9.17, 15) is 0 Å². The summed E-state index contributed by atoms with van der Waals surface area (Å²) < 4.78 is 0. The van der Waals surface area contributed by atoms with Gasteiger partial charge in [0.25, 0.3) is 0 Å². The van der Waals surface area contributed by atoms with Crippen LogP contribution in [0.3, 0.4) is 0 Å². The van der Waals surface area contributed by atoms with Crippen LogP contribution >= 0.6 is 0 Å². The van der Waals surface area contributed by atoms with Crippen LogP contribution in [0.5, 0.6) is 0 Å². The number of fused-ring (bicyclic) bond motifs is 1. The molecular formula is C18H25N3. The number of hydrogen-bond donors (Lipinski definition) is 1. The average molecular weight is 283 g/mol. The van der Waals surface area contributed by atoms with Gasteiger partial charge in [-0.3, -0.25) is 0 Å². The molecule has 1 aromatic heterocycles. The fourth-order valence-corrected chi connectivity index (χ4v) is 3.22. The van der Waals surface area contributed by atoms with E-state index >= 15 is 0 Å². The van der Waals surface area contributed by atoms with E-state index < -0.39 is 0 Å². The van der Waals surface area contributed by atoms with E-state index in [0.717, 1.165) is 31.4 Å². The second-order valence-corrected chi connectivity index (χ2v) is 6.30. The number of nitrogens with one attached hydrogen (secondary N) is 1. The highest BCUT2D eigenvalue weighted by Gasteiger charge is 2.21. The number of rotatable bonds is 4. The lowest BCUT2D eigenvalue weighted by Gasteiger charge is -2.34. The van der Waals surface area contributed by atoms with Crippen molar-refractivity contribution in [3.8, 4) is 0 Å². The van der Waals surface area contributed by atoms with Crippen LogP contribution in [0.1, 0.15) is 26.7 Å². The van der Waals surface area contributed by atoms with Crippen LogP contribution in [0.25, 0.3) is 10.8 Å². The van der Waals surface area contributed by atoms with E-state index in [2.05, 4.69) is 54.4 Å². The largest absolute Gasteiger partial charge is 0.353 e. The van der Waals surface area contributed by atoms with Gasteiger partial charge in [0.05, 0.1) is 0 Å². The summed E-state index contributed by atoms with van der Waals surface area (Å²) in [4.78, 5) is 7.19. The predicted molar refractivity (Wildman–Crippen MR) is 89.8 cm³/mol. The number of nitrogens with zero attached hydrogens (tertiary/aromatic N) is 2. The Kier molecular flexibility index (Phi) is 4.39. The summed E-state index contributed by atoms with van der Waals surface area (Å²) in [5.74, 6) is 1.91. The quantitative estimate of drug-likeness (QED) is 0.931. The van der Waals surface area contributed by atoms with Crippen LogP contribution in [-0.2, 0) is 0 Å². The molecule has 1 aliphatic rings. The van der Waals surface area contributed by atoms with E-state index in [1.807, 2.05) is 6.20 Å². The van der Waals surface area contributed by atoms with Gasteiger partial charge >= 0.3 is 0 Å². The van der Waals surface area contributed by atoms with Crippen molar-refractivity contribution in [2.45, 2.75) is 32.7 Å². The van der Waals surface area contributed by atoms with Crippen molar-refractivity contribution in [2.75, 3.05) is 24.5 Å². The maximum absolute atomic E-state index is 4.70. The molecule has 0 amide bonds. The summed E-state index contributed by atoms with van der Waals surface area (Å²) in [6.07, 6.45) is 4.48. The van der Waals surface area contributed by atoms with E-state index in [1.165, 1.54) is 23.6 Å². The second-order valence-electron chi connectivity index (χ2n) is 6.30. The Hall–Kier alpha value is -1.61. The summed E-state index contributed by atoms with van der Waals surface area (Å²) in [6.45, 7) is 7.95. The zero-order valence-corrected chi connectivity index (χ0v) is 13.0. The van der Waals surface area contributed by atoms with Gasteiger partial charge in [0.2, 0.25) is 0 Å². The van der Waals surface area contributed by atoms with Gasteiger partial charge in [-0.15, -0.1) is 0 Å². The smallest absolute Gasteiger partial charge is 0.136 e. The van der Waals surface area contributed by atoms with Crippen molar-refractivity contribution >= 4 is 16.6 Å². The van der Waals surface area contributed by atoms with E-state index in [4.69, 9.17) is 4.98 Å². The monoisotopic (exact) mass is 283 g/mol. The van der Waals surface area contributed by atoms with Crippen LogP contribution < -0.4 is 10.2 Å². The van der Waals surface area contributed by atoms with Crippen LogP contribution in [0.2, 0.25) is 0 Å². The normalized spacial score (nSPS) is 16.5. The van der Waals surface area contributed by atoms with Gasteiger partial charge in [0.15, 0.2) is 0 Å². The Morgan fingerprint density at radius 2 is 1.95 bits per heavy atom. The lowest BCUT2D eigenvalue weighted by atomic mass is 9.96. The molecule has 0 aliphatic carbocycles. The number of benzene rings is 1. The first-order valence-corrected chi connectivity index (χ1v) is 8.07. The van der Waals surface area contributed by atoms with Gasteiger partial charge in [0, 0.05) is 24.2 Å². The fourth-order valence-electron chi connectivity index (χ4n) is 3.22. The summed E-state index contributed by atoms with van der Waals surface area (Å²) in [5, 5.41) is 6.00. The van der Waals surface area contributed by atoms with Gasteiger partial charge in [0.1, 0.15) is 5.82 Å². The predicted octanol–water partition coefficient (Wildman–Crippen LogP) is 3.45. The molecule has 2 aromatic rings. The highest BCUT2D eigenvalue weighted by Crippen LogP contribution is 2.27.